The Morgan fingerprint density at radius 2 is 1.94 bits per heavy atom. The molecule has 0 aromatic heterocycles. The molecule has 1 fully saturated rings. The highest BCUT2D eigenvalue weighted by molar-refractivity contribution is 8.18. The third-order valence-corrected chi connectivity index (χ3v) is 5.75. The first kappa shape index (κ1) is 21.2. The second-order valence-electron chi connectivity index (χ2n) is 6.89. The number of carbonyl (C=O) groups is 2. The fourth-order valence-corrected chi connectivity index (χ4v) is 4.15. The summed E-state index contributed by atoms with van der Waals surface area (Å²) in [6.45, 7) is 0.00706. The Balaban J connectivity index is 1.72. The molecule has 7 nitrogen and oxygen atoms in total. The number of carbonyl (C=O) groups excluding carboxylic acids is 2. The number of non-ortho nitro benzene ring substituents is 1. The van der Waals surface area contributed by atoms with Crippen molar-refractivity contribution in [2.45, 2.75) is 6.61 Å². The predicted molar refractivity (Wildman–Crippen MR) is 123 cm³/mol. The molecule has 32 heavy (non-hydrogen) atoms. The van der Waals surface area contributed by atoms with Gasteiger partial charge >= 0.3 is 0 Å². The Hall–Kier alpha value is -4.09. The molecule has 3 aromatic rings. The third kappa shape index (κ3) is 4.19. The number of terminal acetylenes is 1. The summed E-state index contributed by atoms with van der Waals surface area (Å²) in [5, 5.41) is 12.4. The minimum absolute atomic E-state index is 0.0213. The molecule has 1 saturated heterocycles. The van der Waals surface area contributed by atoms with E-state index < -0.39 is 16.1 Å². The topological polar surface area (TPSA) is 89.8 Å². The lowest BCUT2D eigenvalue weighted by Crippen LogP contribution is -2.28. The number of amides is 2. The number of hydrogen-bond acceptors (Lipinski definition) is 6. The van der Waals surface area contributed by atoms with Crippen LogP contribution >= 0.6 is 11.8 Å². The molecule has 0 spiro atoms. The maximum atomic E-state index is 12.7. The quantitative estimate of drug-likeness (QED) is 0.230. The number of ether oxygens (including phenoxy) is 1. The summed E-state index contributed by atoms with van der Waals surface area (Å²) >= 11 is 0.826. The van der Waals surface area contributed by atoms with Crippen molar-refractivity contribution in [2.75, 3.05) is 6.54 Å². The second kappa shape index (κ2) is 8.96. The van der Waals surface area contributed by atoms with Crippen LogP contribution in [0.15, 0.2) is 65.6 Å². The molecule has 2 amide bonds. The van der Waals surface area contributed by atoms with Gasteiger partial charge in [0.05, 0.1) is 16.4 Å². The highest BCUT2D eigenvalue weighted by Gasteiger charge is 2.34. The zero-order valence-corrected chi connectivity index (χ0v) is 17.5. The van der Waals surface area contributed by atoms with Crippen molar-refractivity contribution in [3.05, 3.63) is 86.8 Å². The minimum Gasteiger partial charge on any atom is -0.488 e. The van der Waals surface area contributed by atoms with Crippen LogP contribution in [-0.4, -0.2) is 27.5 Å². The lowest BCUT2D eigenvalue weighted by atomic mass is 10.0. The largest absolute Gasteiger partial charge is 0.488 e. The molecule has 3 aromatic carbocycles. The van der Waals surface area contributed by atoms with E-state index in [4.69, 9.17) is 11.2 Å². The lowest BCUT2D eigenvalue weighted by Gasteiger charge is -2.13. The molecule has 8 heteroatoms. The number of nitrogens with zero attached hydrogens (tertiary/aromatic N) is 2. The summed E-state index contributed by atoms with van der Waals surface area (Å²) in [6.07, 6.45) is 6.90. The van der Waals surface area contributed by atoms with E-state index in [0.29, 0.717) is 16.9 Å². The molecule has 1 heterocycles. The molecule has 0 bridgehead atoms. The summed E-state index contributed by atoms with van der Waals surface area (Å²) in [5.74, 6) is 2.35. The number of nitro groups is 1. The minimum atomic E-state index is -0.461. The summed E-state index contributed by atoms with van der Waals surface area (Å²) in [6, 6.07) is 17.5. The molecular weight excluding hydrogens is 428 g/mol. The van der Waals surface area contributed by atoms with Crippen molar-refractivity contribution in [3.63, 3.8) is 0 Å². The van der Waals surface area contributed by atoms with Crippen molar-refractivity contribution >= 4 is 45.4 Å². The van der Waals surface area contributed by atoms with Crippen molar-refractivity contribution in [1.82, 2.24) is 4.90 Å². The van der Waals surface area contributed by atoms with Gasteiger partial charge in [-0.05, 0) is 40.2 Å². The van der Waals surface area contributed by atoms with Gasteiger partial charge in [0.1, 0.15) is 12.4 Å². The fourth-order valence-electron chi connectivity index (χ4n) is 3.33. The second-order valence-corrected chi connectivity index (χ2v) is 7.88. The van der Waals surface area contributed by atoms with Gasteiger partial charge in [-0.25, -0.2) is 0 Å². The number of rotatable bonds is 6. The molecule has 0 unspecified atom stereocenters. The van der Waals surface area contributed by atoms with E-state index in [1.165, 1.54) is 12.1 Å². The van der Waals surface area contributed by atoms with Crippen molar-refractivity contribution in [3.8, 4) is 18.1 Å². The van der Waals surface area contributed by atoms with E-state index in [9.17, 15) is 19.7 Å². The van der Waals surface area contributed by atoms with Gasteiger partial charge in [0.2, 0.25) is 0 Å². The number of benzene rings is 3. The van der Waals surface area contributed by atoms with Gasteiger partial charge < -0.3 is 4.74 Å². The van der Waals surface area contributed by atoms with E-state index in [1.54, 1.807) is 24.3 Å². The Labute approximate surface area is 187 Å². The van der Waals surface area contributed by atoms with Gasteiger partial charge in [-0.3, -0.25) is 24.6 Å². The summed E-state index contributed by atoms with van der Waals surface area (Å²) in [5.41, 5.74) is 1.25. The summed E-state index contributed by atoms with van der Waals surface area (Å²) < 4.78 is 5.99. The molecule has 1 aliphatic rings. The summed E-state index contributed by atoms with van der Waals surface area (Å²) in [7, 11) is 0. The monoisotopic (exact) mass is 444 g/mol. The van der Waals surface area contributed by atoms with Gasteiger partial charge in [-0.1, -0.05) is 48.4 Å². The van der Waals surface area contributed by atoms with Crippen LogP contribution in [0.4, 0.5) is 10.5 Å². The average Bonchev–Trinajstić information content (AvgIpc) is 3.06. The Kier molecular flexibility index (Phi) is 5.92. The maximum absolute atomic E-state index is 12.7. The first-order valence-electron chi connectivity index (χ1n) is 9.54. The van der Waals surface area contributed by atoms with Gasteiger partial charge in [0.25, 0.3) is 16.8 Å². The number of imide groups is 1. The molecule has 0 saturated carbocycles. The summed E-state index contributed by atoms with van der Waals surface area (Å²) in [4.78, 5) is 36.7. The van der Waals surface area contributed by atoms with Crippen LogP contribution in [-0.2, 0) is 11.4 Å². The zero-order chi connectivity index (χ0) is 22.7. The van der Waals surface area contributed by atoms with Crippen LogP contribution in [0.5, 0.6) is 5.75 Å². The van der Waals surface area contributed by atoms with Crippen LogP contribution in [0.25, 0.3) is 16.8 Å². The van der Waals surface area contributed by atoms with E-state index in [1.807, 2.05) is 30.3 Å². The van der Waals surface area contributed by atoms with Gasteiger partial charge in [-0.15, -0.1) is 6.42 Å². The molecule has 158 valence electrons. The van der Waals surface area contributed by atoms with E-state index in [0.717, 1.165) is 27.4 Å². The highest BCUT2D eigenvalue weighted by Crippen LogP contribution is 2.37. The van der Waals surface area contributed by atoms with Gasteiger partial charge in [0.15, 0.2) is 0 Å². The van der Waals surface area contributed by atoms with Gasteiger partial charge in [0, 0.05) is 17.7 Å². The van der Waals surface area contributed by atoms with Crippen LogP contribution in [0.3, 0.4) is 0 Å². The van der Waals surface area contributed by atoms with E-state index >= 15 is 0 Å². The number of fused-ring (bicyclic) bond motifs is 1. The SMILES string of the molecule is C#CCN1C(=O)S/C(=C/c2c(OCc3cccc([N+](=O)[O-])c3)ccc3ccccc23)C1=O. The number of thioether (sulfide) groups is 1. The zero-order valence-electron chi connectivity index (χ0n) is 16.7. The first-order chi connectivity index (χ1) is 15.5. The molecule has 0 aliphatic carbocycles. The number of hydrogen-bond donors (Lipinski definition) is 0. The Bertz CT molecular complexity index is 1330. The smallest absolute Gasteiger partial charge is 0.294 e. The normalized spacial score (nSPS) is 14.7. The average molecular weight is 444 g/mol. The molecule has 4 rings (SSSR count). The van der Waals surface area contributed by atoms with Crippen LogP contribution in [0.1, 0.15) is 11.1 Å². The lowest BCUT2D eigenvalue weighted by molar-refractivity contribution is -0.384. The van der Waals surface area contributed by atoms with E-state index in [2.05, 4.69) is 5.92 Å². The first-order valence-corrected chi connectivity index (χ1v) is 10.4. The molecule has 0 N–H and O–H groups in total. The van der Waals surface area contributed by atoms with E-state index in [-0.39, 0.29) is 23.7 Å². The van der Waals surface area contributed by atoms with Crippen LogP contribution in [0, 0.1) is 22.5 Å². The molecular formula is C24H16N2O5S. The van der Waals surface area contributed by atoms with Crippen molar-refractivity contribution in [1.29, 1.82) is 0 Å². The van der Waals surface area contributed by atoms with Crippen molar-refractivity contribution in [2.24, 2.45) is 0 Å². The third-order valence-electron chi connectivity index (χ3n) is 4.84. The van der Waals surface area contributed by atoms with Crippen LogP contribution < -0.4 is 4.74 Å². The maximum Gasteiger partial charge on any atom is 0.294 e. The van der Waals surface area contributed by atoms with Crippen LogP contribution in [0.2, 0.25) is 0 Å². The molecule has 0 radical (unpaired) electrons. The molecule has 0 atom stereocenters. The Morgan fingerprint density at radius 3 is 2.72 bits per heavy atom. The van der Waals surface area contributed by atoms with Crippen molar-refractivity contribution < 1.29 is 19.2 Å². The van der Waals surface area contributed by atoms with Gasteiger partial charge in [-0.2, -0.15) is 0 Å². The highest BCUT2D eigenvalue weighted by atomic mass is 32.2. The number of nitro benzene ring substituents is 1. The predicted octanol–water partition coefficient (Wildman–Crippen LogP) is 5.00. The molecule has 1 aliphatic heterocycles. The standard InChI is InChI=1S/C24H16N2O5S/c1-2-12-25-23(27)22(32-24(25)28)14-20-19-9-4-3-7-17(19)10-11-21(20)31-15-16-6-5-8-18(13-16)26(29)30/h1,3-11,13-14H,12,15H2/b22-14+. The Morgan fingerprint density at radius 1 is 1.12 bits per heavy atom. The fraction of sp³-hybridized carbons (Fsp3) is 0.0833.